The number of nitrogens with zero attached hydrogens (tertiary/aromatic N) is 3. The molecule has 2 aromatic carbocycles. The zero-order chi connectivity index (χ0) is 24.9. The summed E-state index contributed by atoms with van der Waals surface area (Å²) in [7, 11) is 0. The van der Waals surface area contributed by atoms with E-state index in [1.54, 1.807) is 0 Å². The van der Waals surface area contributed by atoms with Crippen molar-refractivity contribution in [2.24, 2.45) is 5.73 Å². The minimum absolute atomic E-state index is 0.0457. The fraction of sp³-hybridized carbons (Fsp3) is 0.296. The smallest absolute Gasteiger partial charge is 0.260 e. The third-order valence-corrected chi connectivity index (χ3v) is 6.45. The number of fused-ring (bicyclic) bond motifs is 1. The van der Waals surface area contributed by atoms with Crippen LogP contribution in [0.4, 0.5) is 0 Å². The predicted octanol–water partition coefficient (Wildman–Crippen LogP) is 1.84. The Bertz CT molecular complexity index is 1380. The van der Waals surface area contributed by atoms with E-state index in [0.29, 0.717) is 23.4 Å². The van der Waals surface area contributed by atoms with Crippen molar-refractivity contribution in [2.45, 2.75) is 13.0 Å². The van der Waals surface area contributed by atoms with E-state index in [1.807, 2.05) is 70.2 Å². The van der Waals surface area contributed by atoms with E-state index in [2.05, 4.69) is 20.6 Å². The maximum Gasteiger partial charge on any atom is 0.260 e. The molecule has 1 fully saturated rings. The summed E-state index contributed by atoms with van der Waals surface area (Å²) in [5.41, 5.74) is 10.2. The number of aromatic nitrogens is 3. The molecule has 5 rings (SSSR count). The molecule has 9 nitrogen and oxygen atoms in total. The molecule has 36 heavy (non-hydrogen) atoms. The highest BCUT2D eigenvalue weighted by Gasteiger charge is 2.18. The van der Waals surface area contributed by atoms with Gasteiger partial charge in [0, 0.05) is 56.2 Å². The molecule has 0 bridgehead atoms. The fourth-order valence-corrected chi connectivity index (χ4v) is 4.39. The number of hydrogen-bond donors (Lipinski definition) is 4. The number of benzene rings is 2. The SMILES string of the molecule is NCCCNCc1ccc(-c2cn3cc(-c4ccc(C(=O)N5CCNCC5)cc4)nc3[nH]c2=O)cc1. The largest absolute Gasteiger partial charge is 0.336 e. The molecule has 0 spiro atoms. The highest BCUT2D eigenvalue weighted by atomic mass is 16.2. The van der Waals surface area contributed by atoms with Crippen LogP contribution in [0.3, 0.4) is 0 Å². The van der Waals surface area contributed by atoms with Gasteiger partial charge in [-0.3, -0.25) is 19.0 Å². The molecule has 1 aliphatic heterocycles. The van der Waals surface area contributed by atoms with Crippen molar-refractivity contribution in [3.63, 3.8) is 0 Å². The molecule has 2 aromatic heterocycles. The summed E-state index contributed by atoms with van der Waals surface area (Å²) < 4.78 is 1.83. The van der Waals surface area contributed by atoms with Crippen LogP contribution in [-0.4, -0.2) is 64.4 Å². The number of hydrogen-bond acceptors (Lipinski definition) is 6. The van der Waals surface area contributed by atoms with Crippen LogP contribution >= 0.6 is 0 Å². The first kappa shape index (κ1) is 23.9. The lowest BCUT2D eigenvalue weighted by atomic mass is 10.1. The highest BCUT2D eigenvalue weighted by molar-refractivity contribution is 5.94. The first-order chi connectivity index (χ1) is 17.6. The molecule has 0 atom stereocenters. The van der Waals surface area contributed by atoms with E-state index in [9.17, 15) is 9.59 Å². The average Bonchev–Trinajstić information content (AvgIpc) is 3.34. The standard InChI is InChI=1S/C27H31N7O2/c28-10-1-11-30-16-19-2-4-20(5-3-19)23-17-34-18-24(31-27(34)32-25(23)35)21-6-8-22(9-7-21)26(36)33-14-12-29-13-15-33/h2-9,17-18,29-30H,1,10-16,28H2,(H,31,32,35). The molecule has 0 unspecified atom stereocenters. The first-order valence-electron chi connectivity index (χ1n) is 12.3. The van der Waals surface area contributed by atoms with Gasteiger partial charge in [-0.2, -0.15) is 0 Å². The van der Waals surface area contributed by atoms with Crippen LogP contribution in [0.25, 0.3) is 28.2 Å². The molecule has 5 N–H and O–H groups in total. The lowest BCUT2D eigenvalue weighted by Crippen LogP contribution is -2.46. The van der Waals surface area contributed by atoms with Gasteiger partial charge in [-0.25, -0.2) is 4.98 Å². The van der Waals surface area contributed by atoms with Crippen molar-refractivity contribution in [2.75, 3.05) is 39.3 Å². The van der Waals surface area contributed by atoms with E-state index in [4.69, 9.17) is 5.73 Å². The van der Waals surface area contributed by atoms with Gasteiger partial charge in [-0.05, 0) is 42.8 Å². The van der Waals surface area contributed by atoms with E-state index >= 15 is 0 Å². The Morgan fingerprint density at radius 2 is 1.72 bits per heavy atom. The normalized spacial score (nSPS) is 13.9. The van der Waals surface area contributed by atoms with Crippen LogP contribution in [0.2, 0.25) is 0 Å². The second-order valence-electron chi connectivity index (χ2n) is 8.99. The van der Waals surface area contributed by atoms with Gasteiger partial charge in [0.1, 0.15) is 0 Å². The van der Waals surface area contributed by atoms with Crippen molar-refractivity contribution in [3.8, 4) is 22.4 Å². The van der Waals surface area contributed by atoms with Gasteiger partial charge in [0.2, 0.25) is 5.78 Å². The van der Waals surface area contributed by atoms with Gasteiger partial charge < -0.3 is 21.3 Å². The van der Waals surface area contributed by atoms with Crippen molar-refractivity contribution >= 4 is 11.7 Å². The number of carbonyl (C=O) groups excluding carboxylic acids is 1. The number of amides is 1. The Morgan fingerprint density at radius 3 is 2.44 bits per heavy atom. The van der Waals surface area contributed by atoms with Crippen LogP contribution in [0, 0.1) is 0 Å². The number of carbonyl (C=O) groups is 1. The minimum Gasteiger partial charge on any atom is -0.336 e. The summed E-state index contributed by atoms with van der Waals surface area (Å²) in [5, 5.41) is 6.62. The van der Waals surface area contributed by atoms with E-state index < -0.39 is 0 Å². The maximum absolute atomic E-state index is 12.8. The molecule has 1 amide bonds. The summed E-state index contributed by atoms with van der Waals surface area (Å²) in [6, 6.07) is 15.4. The van der Waals surface area contributed by atoms with E-state index in [0.717, 1.165) is 68.1 Å². The monoisotopic (exact) mass is 485 g/mol. The summed E-state index contributed by atoms with van der Waals surface area (Å²) in [4.78, 5) is 34.9. The zero-order valence-corrected chi connectivity index (χ0v) is 20.2. The Balaban J connectivity index is 1.33. The maximum atomic E-state index is 12.8. The number of nitrogens with one attached hydrogen (secondary N) is 3. The van der Waals surface area contributed by atoms with Gasteiger partial charge in [0.05, 0.1) is 11.3 Å². The highest BCUT2D eigenvalue weighted by Crippen LogP contribution is 2.22. The molecule has 9 heteroatoms. The van der Waals surface area contributed by atoms with E-state index in [-0.39, 0.29) is 11.5 Å². The first-order valence-corrected chi connectivity index (χ1v) is 12.3. The van der Waals surface area contributed by atoms with Crippen LogP contribution < -0.4 is 21.9 Å². The number of H-pyrrole nitrogens is 1. The molecule has 1 saturated heterocycles. The average molecular weight is 486 g/mol. The molecule has 1 aliphatic rings. The Morgan fingerprint density at radius 1 is 1.00 bits per heavy atom. The number of rotatable bonds is 8. The van der Waals surface area contributed by atoms with Gasteiger partial charge in [-0.1, -0.05) is 36.4 Å². The minimum atomic E-state index is -0.189. The Kier molecular flexibility index (Phi) is 7.22. The topological polar surface area (TPSA) is 121 Å². The third kappa shape index (κ3) is 5.23. The quantitative estimate of drug-likeness (QED) is 0.283. The van der Waals surface area contributed by atoms with Gasteiger partial charge >= 0.3 is 0 Å². The fourth-order valence-electron chi connectivity index (χ4n) is 4.39. The summed E-state index contributed by atoms with van der Waals surface area (Å²) in [5.74, 6) is 0.518. The molecule has 186 valence electrons. The summed E-state index contributed by atoms with van der Waals surface area (Å²) >= 11 is 0. The summed E-state index contributed by atoms with van der Waals surface area (Å²) in [6.45, 7) is 5.40. The third-order valence-electron chi connectivity index (χ3n) is 6.45. The Labute approximate surface area is 209 Å². The van der Waals surface area contributed by atoms with Crippen LogP contribution in [0.15, 0.2) is 65.7 Å². The molecule has 0 aliphatic carbocycles. The van der Waals surface area contributed by atoms with Crippen LogP contribution in [0.5, 0.6) is 0 Å². The van der Waals surface area contributed by atoms with Crippen LogP contribution in [0.1, 0.15) is 22.3 Å². The lowest BCUT2D eigenvalue weighted by Gasteiger charge is -2.27. The van der Waals surface area contributed by atoms with Gasteiger partial charge in [-0.15, -0.1) is 0 Å². The van der Waals surface area contributed by atoms with Gasteiger partial charge in [0.15, 0.2) is 0 Å². The molecule has 4 aromatic rings. The van der Waals surface area contributed by atoms with Crippen LogP contribution in [-0.2, 0) is 6.54 Å². The number of imidazole rings is 1. The second-order valence-corrected chi connectivity index (χ2v) is 8.99. The van der Waals surface area contributed by atoms with Crippen molar-refractivity contribution in [3.05, 3.63) is 82.4 Å². The zero-order valence-electron chi connectivity index (χ0n) is 20.2. The molecular formula is C27H31N7O2. The van der Waals surface area contributed by atoms with Crippen molar-refractivity contribution < 1.29 is 4.79 Å². The number of piperazine rings is 1. The number of nitrogens with two attached hydrogens (primary N) is 1. The predicted molar refractivity (Wildman–Crippen MR) is 141 cm³/mol. The number of aromatic amines is 1. The Hall–Kier alpha value is -3.79. The lowest BCUT2D eigenvalue weighted by molar-refractivity contribution is 0.0736. The second kappa shape index (κ2) is 10.9. The summed E-state index contributed by atoms with van der Waals surface area (Å²) in [6.07, 6.45) is 4.64. The molecule has 3 heterocycles. The molecule has 0 radical (unpaired) electrons. The van der Waals surface area contributed by atoms with Crippen molar-refractivity contribution in [1.29, 1.82) is 0 Å². The molecule has 0 saturated carbocycles. The van der Waals surface area contributed by atoms with Crippen molar-refractivity contribution in [1.82, 2.24) is 29.9 Å². The van der Waals surface area contributed by atoms with Gasteiger partial charge in [0.25, 0.3) is 11.5 Å². The van der Waals surface area contributed by atoms with E-state index in [1.165, 1.54) is 0 Å². The molecular weight excluding hydrogens is 454 g/mol.